The molecule has 0 saturated heterocycles. The van der Waals surface area contributed by atoms with Crippen LogP contribution in [0.4, 0.5) is 5.69 Å². The van der Waals surface area contributed by atoms with Gasteiger partial charge in [-0.3, -0.25) is 9.59 Å². The van der Waals surface area contributed by atoms with Crippen molar-refractivity contribution in [2.75, 3.05) is 11.9 Å². The number of carbonyl (C=O) groups excluding carboxylic acids is 2. The van der Waals surface area contributed by atoms with E-state index in [0.717, 1.165) is 6.42 Å². The second-order valence-corrected chi connectivity index (χ2v) is 5.53. The first-order valence-electron chi connectivity index (χ1n) is 7.39. The predicted molar refractivity (Wildman–Crippen MR) is 85.1 cm³/mol. The fraction of sp³-hybridized carbons (Fsp3) is 0.500. The van der Waals surface area contributed by atoms with Gasteiger partial charge in [0.25, 0.3) is 5.91 Å². The predicted octanol–water partition coefficient (Wildman–Crippen LogP) is 2.14. The molecule has 1 atom stereocenters. The van der Waals surface area contributed by atoms with E-state index in [1.807, 2.05) is 20.8 Å². The fourth-order valence-corrected chi connectivity index (χ4v) is 1.85. The lowest BCUT2D eigenvalue weighted by molar-refractivity contribution is -0.117. The Hall–Kier alpha value is -1.88. The maximum absolute atomic E-state index is 12.2. The largest absolute Gasteiger partial charge is 0.352 e. The number of para-hydroxylation sites is 1. The number of hydrogen-bond acceptors (Lipinski definition) is 3. The molecule has 0 aliphatic rings. The number of nitrogens with two attached hydrogens (primary N) is 1. The molecular weight excluding hydrogens is 266 g/mol. The van der Waals surface area contributed by atoms with Crippen molar-refractivity contribution in [1.29, 1.82) is 0 Å². The third kappa shape index (κ3) is 5.55. The van der Waals surface area contributed by atoms with Gasteiger partial charge in [0, 0.05) is 6.54 Å². The second-order valence-electron chi connectivity index (χ2n) is 5.53. The van der Waals surface area contributed by atoms with E-state index in [-0.39, 0.29) is 11.8 Å². The van der Waals surface area contributed by atoms with Crippen LogP contribution in [0.1, 0.15) is 44.0 Å². The Morgan fingerprint density at radius 2 is 1.90 bits per heavy atom. The van der Waals surface area contributed by atoms with E-state index in [2.05, 4.69) is 10.6 Å². The smallest absolute Gasteiger partial charge is 0.253 e. The van der Waals surface area contributed by atoms with Crippen LogP contribution in [0.25, 0.3) is 0 Å². The van der Waals surface area contributed by atoms with Crippen LogP contribution < -0.4 is 16.4 Å². The average Bonchev–Trinajstić information content (AvgIpc) is 2.45. The number of hydrogen-bond donors (Lipinski definition) is 3. The van der Waals surface area contributed by atoms with E-state index in [1.165, 1.54) is 0 Å². The topological polar surface area (TPSA) is 84.2 Å². The summed E-state index contributed by atoms with van der Waals surface area (Å²) in [5.74, 6) is -0.0849. The van der Waals surface area contributed by atoms with Crippen molar-refractivity contribution in [2.24, 2.45) is 11.7 Å². The summed E-state index contributed by atoms with van der Waals surface area (Å²) < 4.78 is 0. The number of benzene rings is 1. The minimum Gasteiger partial charge on any atom is -0.352 e. The van der Waals surface area contributed by atoms with Gasteiger partial charge in [-0.2, -0.15) is 0 Å². The van der Waals surface area contributed by atoms with Gasteiger partial charge in [0.05, 0.1) is 17.3 Å². The molecule has 1 aromatic carbocycles. The Balaban J connectivity index is 2.79. The summed E-state index contributed by atoms with van der Waals surface area (Å²) in [5, 5.41) is 5.58. The average molecular weight is 291 g/mol. The Morgan fingerprint density at radius 1 is 1.24 bits per heavy atom. The molecular formula is C16H25N3O2. The molecule has 2 amide bonds. The molecule has 5 heteroatoms. The van der Waals surface area contributed by atoms with Crippen LogP contribution in [0, 0.1) is 5.92 Å². The molecule has 4 N–H and O–H groups in total. The van der Waals surface area contributed by atoms with Crippen LogP contribution in [0.3, 0.4) is 0 Å². The van der Waals surface area contributed by atoms with Gasteiger partial charge in [-0.15, -0.1) is 0 Å². The molecule has 0 fully saturated rings. The molecule has 0 radical (unpaired) electrons. The number of amides is 2. The third-order valence-electron chi connectivity index (χ3n) is 3.04. The first-order chi connectivity index (χ1) is 9.95. The molecule has 5 nitrogen and oxygen atoms in total. The van der Waals surface area contributed by atoms with Gasteiger partial charge >= 0.3 is 0 Å². The minimum atomic E-state index is -0.554. The Kier molecular flexibility index (Phi) is 6.88. The van der Waals surface area contributed by atoms with Crippen LogP contribution in [-0.4, -0.2) is 24.4 Å². The van der Waals surface area contributed by atoms with Crippen molar-refractivity contribution in [2.45, 2.75) is 39.7 Å². The van der Waals surface area contributed by atoms with Gasteiger partial charge in [0.1, 0.15) is 0 Å². The highest BCUT2D eigenvalue weighted by molar-refractivity contribution is 6.04. The standard InChI is InChI=1S/C16H25N3O2/c1-4-7-13(17)16(21)19-14-9-6-5-8-12(14)15(20)18-10-11(2)3/h5-6,8-9,11,13H,4,7,10,17H2,1-3H3,(H,18,20)(H,19,21)/t13-/m1/s1. The van der Waals surface area contributed by atoms with Crippen molar-refractivity contribution in [3.8, 4) is 0 Å². The summed E-state index contributed by atoms with van der Waals surface area (Å²) >= 11 is 0. The van der Waals surface area contributed by atoms with Crippen molar-refractivity contribution in [3.63, 3.8) is 0 Å². The van der Waals surface area contributed by atoms with Gasteiger partial charge in [-0.25, -0.2) is 0 Å². The molecule has 0 saturated carbocycles. The summed E-state index contributed by atoms with van der Waals surface area (Å²) in [6.07, 6.45) is 1.46. The lowest BCUT2D eigenvalue weighted by Gasteiger charge is -2.15. The van der Waals surface area contributed by atoms with E-state index in [0.29, 0.717) is 30.1 Å². The number of rotatable bonds is 7. The first kappa shape index (κ1) is 17.2. The Bertz CT molecular complexity index is 486. The summed E-state index contributed by atoms with van der Waals surface area (Å²) in [7, 11) is 0. The van der Waals surface area contributed by atoms with E-state index in [1.54, 1.807) is 24.3 Å². The summed E-state index contributed by atoms with van der Waals surface area (Å²) in [5.41, 5.74) is 6.74. The van der Waals surface area contributed by atoms with Crippen molar-refractivity contribution < 1.29 is 9.59 Å². The third-order valence-corrected chi connectivity index (χ3v) is 3.04. The van der Waals surface area contributed by atoms with Crippen LogP contribution in [0.5, 0.6) is 0 Å². The molecule has 0 spiro atoms. The molecule has 0 aromatic heterocycles. The highest BCUT2D eigenvalue weighted by Gasteiger charge is 2.16. The maximum Gasteiger partial charge on any atom is 0.253 e. The van der Waals surface area contributed by atoms with Crippen LogP contribution in [0.15, 0.2) is 24.3 Å². The Morgan fingerprint density at radius 3 is 2.52 bits per heavy atom. The molecule has 1 rings (SSSR count). The minimum absolute atomic E-state index is 0.191. The van der Waals surface area contributed by atoms with Gasteiger partial charge in [-0.1, -0.05) is 39.3 Å². The lowest BCUT2D eigenvalue weighted by Crippen LogP contribution is -2.36. The van der Waals surface area contributed by atoms with Crippen LogP contribution in [0.2, 0.25) is 0 Å². The molecule has 0 aliphatic carbocycles. The molecule has 0 aliphatic heterocycles. The monoisotopic (exact) mass is 291 g/mol. The number of carbonyl (C=O) groups is 2. The fourth-order valence-electron chi connectivity index (χ4n) is 1.85. The van der Waals surface area contributed by atoms with Gasteiger partial charge in [0.15, 0.2) is 0 Å². The van der Waals surface area contributed by atoms with E-state index in [9.17, 15) is 9.59 Å². The zero-order valence-corrected chi connectivity index (χ0v) is 13.0. The van der Waals surface area contributed by atoms with E-state index in [4.69, 9.17) is 5.73 Å². The normalized spacial score (nSPS) is 12.0. The molecule has 0 bridgehead atoms. The maximum atomic E-state index is 12.2. The van der Waals surface area contributed by atoms with E-state index < -0.39 is 6.04 Å². The molecule has 1 aromatic rings. The highest BCUT2D eigenvalue weighted by atomic mass is 16.2. The van der Waals surface area contributed by atoms with E-state index >= 15 is 0 Å². The van der Waals surface area contributed by atoms with Gasteiger partial charge in [-0.05, 0) is 24.5 Å². The highest BCUT2D eigenvalue weighted by Crippen LogP contribution is 2.15. The number of anilines is 1. The molecule has 0 heterocycles. The van der Waals surface area contributed by atoms with Gasteiger partial charge in [0.2, 0.25) is 5.91 Å². The summed E-state index contributed by atoms with van der Waals surface area (Å²) in [6, 6.07) is 6.39. The Labute approximate surface area is 126 Å². The van der Waals surface area contributed by atoms with Crippen molar-refractivity contribution in [3.05, 3.63) is 29.8 Å². The first-order valence-corrected chi connectivity index (χ1v) is 7.39. The molecule has 21 heavy (non-hydrogen) atoms. The van der Waals surface area contributed by atoms with Crippen LogP contribution >= 0.6 is 0 Å². The summed E-state index contributed by atoms with van der Waals surface area (Å²) in [4.78, 5) is 24.1. The van der Waals surface area contributed by atoms with Crippen molar-refractivity contribution >= 4 is 17.5 Å². The zero-order chi connectivity index (χ0) is 15.8. The lowest BCUT2D eigenvalue weighted by atomic mass is 10.1. The zero-order valence-electron chi connectivity index (χ0n) is 13.0. The quantitative estimate of drug-likeness (QED) is 0.719. The molecule has 0 unspecified atom stereocenters. The van der Waals surface area contributed by atoms with Gasteiger partial charge < -0.3 is 16.4 Å². The SMILES string of the molecule is CCC[C@@H](N)C(=O)Nc1ccccc1C(=O)NCC(C)C. The number of nitrogens with one attached hydrogen (secondary N) is 2. The van der Waals surface area contributed by atoms with Crippen LogP contribution in [-0.2, 0) is 4.79 Å². The summed E-state index contributed by atoms with van der Waals surface area (Å²) in [6.45, 7) is 6.62. The second kappa shape index (κ2) is 8.42. The van der Waals surface area contributed by atoms with Crippen molar-refractivity contribution in [1.82, 2.24) is 5.32 Å². The molecule has 116 valence electrons.